The van der Waals surface area contributed by atoms with E-state index in [0.29, 0.717) is 12.5 Å². The van der Waals surface area contributed by atoms with E-state index in [-0.39, 0.29) is 11.9 Å². The van der Waals surface area contributed by atoms with Gasteiger partial charge in [-0.25, -0.2) is 0 Å². The molecule has 0 radical (unpaired) electrons. The Balaban J connectivity index is 3.51. The van der Waals surface area contributed by atoms with E-state index in [4.69, 9.17) is 4.74 Å². The van der Waals surface area contributed by atoms with Gasteiger partial charge in [0.15, 0.2) is 0 Å². The Morgan fingerprint density at radius 1 is 1.13 bits per heavy atom. The van der Waals surface area contributed by atoms with Gasteiger partial charge in [0.25, 0.3) is 0 Å². The molecule has 0 spiro atoms. The molecule has 0 fully saturated rings. The maximum atomic E-state index is 11.5. The van der Waals surface area contributed by atoms with Gasteiger partial charge in [0.05, 0.1) is 12.5 Å². The topological polar surface area (TPSA) is 26.3 Å². The predicted molar refractivity (Wildman–Crippen MR) is 63.7 cm³/mol. The van der Waals surface area contributed by atoms with E-state index in [1.54, 1.807) is 0 Å². The molecule has 0 rings (SSSR count). The van der Waals surface area contributed by atoms with Gasteiger partial charge in [-0.2, -0.15) is 0 Å². The quantitative estimate of drug-likeness (QED) is 0.454. The highest BCUT2D eigenvalue weighted by molar-refractivity contribution is 5.71. The minimum Gasteiger partial charge on any atom is -0.465 e. The molecule has 0 heterocycles. The van der Waals surface area contributed by atoms with Gasteiger partial charge in [-0.05, 0) is 18.8 Å². The summed E-state index contributed by atoms with van der Waals surface area (Å²) in [4.78, 5) is 11.5. The van der Waals surface area contributed by atoms with Crippen LogP contribution in [0.5, 0.6) is 0 Å². The largest absolute Gasteiger partial charge is 0.465 e. The summed E-state index contributed by atoms with van der Waals surface area (Å²) in [7, 11) is 0. The smallest absolute Gasteiger partial charge is 0.308 e. The van der Waals surface area contributed by atoms with Crippen LogP contribution in [-0.2, 0) is 9.53 Å². The van der Waals surface area contributed by atoms with Crippen LogP contribution in [0.3, 0.4) is 0 Å². The summed E-state index contributed by atoms with van der Waals surface area (Å²) in [5.41, 5.74) is 0. The minimum absolute atomic E-state index is 0.0215. The first-order valence-corrected chi connectivity index (χ1v) is 6.24. The van der Waals surface area contributed by atoms with Gasteiger partial charge in [-0.1, -0.05) is 47.0 Å². The van der Waals surface area contributed by atoms with Crippen molar-refractivity contribution in [2.24, 2.45) is 11.8 Å². The molecule has 0 aromatic heterocycles. The first-order chi connectivity index (χ1) is 7.07. The summed E-state index contributed by atoms with van der Waals surface area (Å²) in [6.07, 6.45) is 5.48. The van der Waals surface area contributed by atoms with E-state index in [0.717, 1.165) is 19.3 Å². The van der Waals surface area contributed by atoms with E-state index in [9.17, 15) is 4.79 Å². The second-order valence-electron chi connectivity index (χ2n) is 4.75. The van der Waals surface area contributed by atoms with Gasteiger partial charge in [-0.3, -0.25) is 4.79 Å². The van der Waals surface area contributed by atoms with Crippen molar-refractivity contribution in [3.05, 3.63) is 0 Å². The van der Waals surface area contributed by atoms with Crippen LogP contribution in [0.1, 0.15) is 59.8 Å². The zero-order valence-electron chi connectivity index (χ0n) is 10.7. The number of hydrogen-bond acceptors (Lipinski definition) is 2. The zero-order valence-corrected chi connectivity index (χ0v) is 10.7. The van der Waals surface area contributed by atoms with E-state index in [1.165, 1.54) is 12.8 Å². The van der Waals surface area contributed by atoms with Gasteiger partial charge in [0.1, 0.15) is 0 Å². The molecule has 0 saturated heterocycles. The highest BCUT2D eigenvalue weighted by atomic mass is 16.5. The maximum Gasteiger partial charge on any atom is 0.308 e. The van der Waals surface area contributed by atoms with Gasteiger partial charge in [-0.15, -0.1) is 0 Å². The molecule has 90 valence electrons. The Hall–Kier alpha value is -0.530. The number of hydrogen-bond donors (Lipinski definition) is 0. The van der Waals surface area contributed by atoms with Crippen LogP contribution in [0, 0.1) is 11.8 Å². The summed E-state index contributed by atoms with van der Waals surface area (Å²) < 4.78 is 5.21. The summed E-state index contributed by atoms with van der Waals surface area (Å²) in [5.74, 6) is 0.656. The molecular formula is C13H26O2. The molecule has 0 saturated carbocycles. The first kappa shape index (κ1) is 14.5. The van der Waals surface area contributed by atoms with Crippen LogP contribution >= 0.6 is 0 Å². The van der Waals surface area contributed by atoms with E-state index in [2.05, 4.69) is 20.8 Å². The van der Waals surface area contributed by atoms with Crippen LogP contribution in [0.25, 0.3) is 0 Å². The Morgan fingerprint density at radius 2 is 1.80 bits per heavy atom. The number of rotatable bonds is 8. The lowest BCUT2D eigenvalue weighted by Gasteiger charge is -2.11. The molecule has 0 aliphatic carbocycles. The van der Waals surface area contributed by atoms with Crippen molar-refractivity contribution >= 4 is 5.97 Å². The van der Waals surface area contributed by atoms with E-state index >= 15 is 0 Å². The molecular weight excluding hydrogens is 188 g/mol. The monoisotopic (exact) mass is 214 g/mol. The van der Waals surface area contributed by atoms with Crippen LogP contribution in [0.4, 0.5) is 0 Å². The zero-order chi connectivity index (χ0) is 11.7. The summed E-state index contributed by atoms with van der Waals surface area (Å²) in [6.45, 7) is 8.99. The number of carbonyl (C=O) groups is 1. The molecule has 0 amide bonds. The molecule has 2 heteroatoms. The number of ether oxygens (including phenoxy) is 1. The molecule has 0 N–H and O–H groups in total. The van der Waals surface area contributed by atoms with Gasteiger partial charge in [0.2, 0.25) is 0 Å². The molecule has 1 atom stereocenters. The lowest BCUT2D eigenvalue weighted by molar-refractivity contribution is -0.148. The fourth-order valence-corrected chi connectivity index (χ4v) is 1.36. The third-order valence-electron chi connectivity index (χ3n) is 2.58. The third-order valence-corrected chi connectivity index (χ3v) is 2.58. The van der Waals surface area contributed by atoms with Gasteiger partial charge in [0, 0.05) is 0 Å². The summed E-state index contributed by atoms with van der Waals surface area (Å²) in [6, 6.07) is 0. The van der Waals surface area contributed by atoms with Crippen molar-refractivity contribution in [3.63, 3.8) is 0 Å². The molecule has 1 unspecified atom stereocenters. The van der Waals surface area contributed by atoms with E-state index in [1.807, 2.05) is 6.92 Å². The van der Waals surface area contributed by atoms with Crippen LogP contribution in [-0.4, -0.2) is 12.6 Å². The van der Waals surface area contributed by atoms with Gasteiger partial charge < -0.3 is 4.74 Å². The van der Waals surface area contributed by atoms with Crippen molar-refractivity contribution in [1.29, 1.82) is 0 Å². The number of carbonyl (C=O) groups excluding carboxylic acids is 1. The van der Waals surface area contributed by atoms with Crippen molar-refractivity contribution < 1.29 is 9.53 Å². The fourth-order valence-electron chi connectivity index (χ4n) is 1.36. The third kappa shape index (κ3) is 8.46. The Labute approximate surface area is 94.4 Å². The average Bonchev–Trinajstić information content (AvgIpc) is 2.17. The lowest BCUT2D eigenvalue weighted by Crippen LogP contribution is -2.16. The molecule has 0 aromatic carbocycles. The normalized spacial score (nSPS) is 12.9. The molecule has 15 heavy (non-hydrogen) atoms. The minimum atomic E-state index is -0.0215. The second-order valence-corrected chi connectivity index (χ2v) is 4.75. The summed E-state index contributed by atoms with van der Waals surface area (Å²) in [5, 5.41) is 0. The highest BCUT2D eigenvalue weighted by Gasteiger charge is 2.13. The van der Waals surface area contributed by atoms with Crippen LogP contribution < -0.4 is 0 Å². The number of unbranched alkanes of at least 4 members (excludes halogenated alkanes) is 2. The maximum absolute atomic E-state index is 11.5. The molecule has 2 nitrogen and oxygen atoms in total. The van der Waals surface area contributed by atoms with Crippen molar-refractivity contribution in [2.75, 3.05) is 6.61 Å². The molecule has 0 aromatic rings. The van der Waals surface area contributed by atoms with Crippen LogP contribution in [0.2, 0.25) is 0 Å². The van der Waals surface area contributed by atoms with Crippen molar-refractivity contribution in [1.82, 2.24) is 0 Å². The standard InChI is InChI=1S/C13H26O2/c1-5-6-7-8-12(4)13(14)15-10-9-11(2)3/h11-12H,5-10H2,1-4H3. The fraction of sp³-hybridized carbons (Fsp3) is 0.923. The van der Waals surface area contributed by atoms with E-state index < -0.39 is 0 Å². The Kier molecular flexibility index (Phi) is 8.44. The summed E-state index contributed by atoms with van der Waals surface area (Å²) >= 11 is 0. The SMILES string of the molecule is CCCCCC(C)C(=O)OCCC(C)C. The Morgan fingerprint density at radius 3 is 2.33 bits per heavy atom. The molecule has 0 aliphatic heterocycles. The predicted octanol–water partition coefficient (Wildman–Crippen LogP) is 3.79. The van der Waals surface area contributed by atoms with Crippen molar-refractivity contribution in [2.45, 2.75) is 59.8 Å². The lowest BCUT2D eigenvalue weighted by atomic mass is 10.0. The second kappa shape index (κ2) is 8.75. The number of esters is 1. The first-order valence-electron chi connectivity index (χ1n) is 6.24. The Bertz CT molecular complexity index is 164. The molecule has 0 aliphatic rings. The van der Waals surface area contributed by atoms with Crippen LogP contribution in [0.15, 0.2) is 0 Å². The van der Waals surface area contributed by atoms with Gasteiger partial charge >= 0.3 is 5.97 Å². The average molecular weight is 214 g/mol. The van der Waals surface area contributed by atoms with Crippen molar-refractivity contribution in [3.8, 4) is 0 Å². The molecule has 0 bridgehead atoms. The highest BCUT2D eigenvalue weighted by Crippen LogP contribution is 2.11.